The molecule has 1 aromatic heterocycles. The first kappa shape index (κ1) is 10.8. The van der Waals surface area contributed by atoms with E-state index in [0.717, 1.165) is 11.5 Å². The molecule has 0 amide bonds. The van der Waals surface area contributed by atoms with Gasteiger partial charge in [0.15, 0.2) is 0 Å². The zero-order valence-corrected chi connectivity index (χ0v) is 8.41. The van der Waals surface area contributed by atoms with Gasteiger partial charge in [0.1, 0.15) is 11.5 Å². The van der Waals surface area contributed by atoms with E-state index < -0.39 is 5.97 Å². The molecule has 1 atom stereocenters. The summed E-state index contributed by atoms with van der Waals surface area (Å²) in [6, 6.07) is 3.85. The Morgan fingerprint density at radius 2 is 2.36 bits per heavy atom. The van der Waals surface area contributed by atoms with E-state index in [-0.39, 0.29) is 12.5 Å². The molecule has 0 radical (unpaired) electrons. The molecular weight excluding hydrogens is 182 g/mol. The maximum Gasteiger partial charge on any atom is 0.304 e. The van der Waals surface area contributed by atoms with Crippen molar-refractivity contribution < 1.29 is 14.3 Å². The highest BCUT2D eigenvalue weighted by Crippen LogP contribution is 2.14. The number of carboxylic acids is 1. The SMILES string of the molecule is Cc1ccc(C(C)NCCC(=O)O)o1. The summed E-state index contributed by atoms with van der Waals surface area (Å²) in [6.07, 6.45) is 0.129. The number of carbonyl (C=O) groups is 1. The number of furan rings is 1. The van der Waals surface area contributed by atoms with E-state index in [2.05, 4.69) is 5.32 Å². The quantitative estimate of drug-likeness (QED) is 0.754. The average molecular weight is 197 g/mol. The second kappa shape index (κ2) is 4.81. The number of hydrogen-bond acceptors (Lipinski definition) is 3. The number of aliphatic carboxylic acids is 1. The fourth-order valence-electron chi connectivity index (χ4n) is 1.18. The van der Waals surface area contributed by atoms with Crippen molar-refractivity contribution >= 4 is 5.97 Å². The third kappa shape index (κ3) is 3.22. The van der Waals surface area contributed by atoms with Crippen molar-refractivity contribution in [2.45, 2.75) is 26.3 Å². The number of hydrogen-bond donors (Lipinski definition) is 2. The smallest absolute Gasteiger partial charge is 0.304 e. The lowest BCUT2D eigenvalue weighted by Crippen LogP contribution is -2.21. The minimum Gasteiger partial charge on any atom is -0.481 e. The maximum atomic E-state index is 10.3. The van der Waals surface area contributed by atoms with E-state index in [0.29, 0.717) is 6.54 Å². The predicted molar refractivity (Wildman–Crippen MR) is 52.1 cm³/mol. The maximum absolute atomic E-state index is 10.3. The topological polar surface area (TPSA) is 62.5 Å². The Morgan fingerprint density at radius 1 is 1.64 bits per heavy atom. The van der Waals surface area contributed by atoms with Gasteiger partial charge in [0.2, 0.25) is 0 Å². The number of aryl methyl sites for hydroxylation is 1. The van der Waals surface area contributed by atoms with Gasteiger partial charge < -0.3 is 14.8 Å². The summed E-state index contributed by atoms with van der Waals surface area (Å²) in [5.41, 5.74) is 0. The lowest BCUT2D eigenvalue weighted by atomic mass is 10.2. The van der Waals surface area contributed by atoms with Gasteiger partial charge >= 0.3 is 5.97 Å². The van der Waals surface area contributed by atoms with Crippen LogP contribution in [0.15, 0.2) is 16.5 Å². The summed E-state index contributed by atoms with van der Waals surface area (Å²) in [5, 5.41) is 11.5. The Morgan fingerprint density at radius 3 is 2.86 bits per heavy atom. The standard InChI is InChI=1S/C10H15NO3/c1-7-3-4-9(14-7)8(2)11-6-5-10(12)13/h3-4,8,11H,5-6H2,1-2H3,(H,12,13). The Balaban J connectivity index is 2.35. The molecule has 0 spiro atoms. The van der Waals surface area contributed by atoms with Crippen molar-refractivity contribution in [3.05, 3.63) is 23.7 Å². The van der Waals surface area contributed by atoms with Crippen molar-refractivity contribution in [3.63, 3.8) is 0 Å². The van der Waals surface area contributed by atoms with Crippen molar-refractivity contribution in [1.29, 1.82) is 0 Å². The molecule has 2 N–H and O–H groups in total. The lowest BCUT2D eigenvalue weighted by Gasteiger charge is -2.09. The second-order valence-corrected chi connectivity index (χ2v) is 3.27. The number of carboxylic acid groups (broad SMARTS) is 1. The first-order valence-corrected chi connectivity index (χ1v) is 4.61. The monoisotopic (exact) mass is 197 g/mol. The van der Waals surface area contributed by atoms with Gasteiger partial charge in [-0.2, -0.15) is 0 Å². The van der Waals surface area contributed by atoms with E-state index in [1.165, 1.54) is 0 Å². The largest absolute Gasteiger partial charge is 0.481 e. The van der Waals surface area contributed by atoms with Crippen LogP contribution in [0.4, 0.5) is 0 Å². The van der Waals surface area contributed by atoms with E-state index >= 15 is 0 Å². The van der Waals surface area contributed by atoms with Crippen LogP contribution in [0.2, 0.25) is 0 Å². The molecule has 0 aromatic carbocycles. The first-order valence-electron chi connectivity index (χ1n) is 4.61. The summed E-state index contributed by atoms with van der Waals surface area (Å²) < 4.78 is 5.39. The van der Waals surface area contributed by atoms with Crippen LogP contribution < -0.4 is 5.32 Å². The van der Waals surface area contributed by atoms with Crippen LogP contribution in [-0.2, 0) is 4.79 Å². The zero-order valence-electron chi connectivity index (χ0n) is 8.41. The van der Waals surface area contributed by atoms with Crippen LogP contribution in [0.3, 0.4) is 0 Å². The second-order valence-electron chi connectivity index (χ2n) is 3.27. The van der Waals surface area contributed by atoms with Gasteiger partial charge in [-0.05, 0) is 26.0 Å². The Kier molecular flexibility index (Phi) is 3.71. The van der Waals surface area contributed by atoms with Crippen molar-refractivity contribution in [2.24, 2.45) is 0 Å². The Bertz CT molecular complexity index is 306. The van der Waals surface area contributed by atoms with Crippen LogP contribution >= 0.6 is 0 Å². The molecule has 14 heavy (non-hydrogen) atoms. The first-order chi connectivity index (χ1) is 6.59. The molecule has 1 rings (SSSR count). The molecule has 4 heteroatoms. The Hall–Kier alpha value is -1.29. The Labute approximate surface area is 82.9 Å². The van der Waals surface area contributed by atoms with Gasteiger partial charge in [0.05, 0.1) is 12.5 Å². The van der Waals surface area contributed by atoms with Crippen LogP contribution in [0.5, 0.6) is 0 Å². The molecule has 0 aliphatic heterocycles. The third-order valence-electron chi connectivity index (χ3n) is 1.98. The number of nitrogens with one attached hydrogen (secondary N) is 1. The summed E-state index contributed by atoms with van der Waals surface area (Å²) in [5.74, 6) is 0.917. The highest BCUT2D eigenvalue weighted by atomic mass is 16.4. The van der Waals surface area contributed by atoms with E-state index in [1.807, 2.05) is 26.0 Å². The molecule has 1 aromatic rings. The van der Waals surface area contributed by atoms with Gasteiger partial charge in [-0.3, -0.25) is 4.79 Å². The summed E-state index contributed by atoms with van der Waals surface area (Å²) in [4.78, 5) is 10.3. The minimum atomic E-state index is -0.791. The molecule has 1 heterocycles. The highest BCUT2D eigenvalue weighted by Gasteiger charge is 2.08. The summed E-state index contributed by atoms with van der Waals surface area (Å²) >= 11 is 0. The molecule has 1 unspecified atom stereocenters. The van der Waals surface area contributed by atoms with E-state index in [1.54, 1.807) is 0 Å². The molecule has 0 aliphatic carbocycles. The number of rotatable bonds is 5. The summed E-state index contributed by atoms with van der Waals surface area (Å²) in [7, 11) is 0. The van der Waals surface area contributed by atoms with E-state index in [4.69, 9.17) is 9.52 Å². The van der Waals surface area contributed by atoms with Gasteiger partial charge in [0.25, 0.3) is 0 Å². The molecule has 78 valence electrons. The molecule has 0 fully saturated rings. The van der Waals surface area contributed by atoms with Gasteiger partial charge in [-0.1, -0.05) is 0 Å². The average Bonchev–Trinajstić information content (AvgIpc) is 2.51. The van der Waals surface area contributed by atoms with E-state index in [9.17, 15) is 4.79 Å². The summed E-state index contributed by atoms with van der Waals surface area (Å²) in [6.45, 7) is 4.28. The molecule has 4 nitrogen and oxygen atoms in total. The van der Waals surface area contributed by atoms with Gasteiger partial charge in [-0.25, -0.2) is 0 Å². The van der Waals surface area contributed by atoms with Crippen LogP contribution in [-0.4, -0.2) is 17.6 Å². The molecule has 0 saturated heterocycles. The fraction of sp³-hybridized carbons (Fsp3) is 0.500. The van der Waals surface area contributed by atoms with Gasteiger partial charge in [0, 0.05) is 6.54 Å². The minimum absolute atomic E-state index is 0.0584. The molecular formula is C10H15NO3. The van der Waals surface area contributed by atoms with Gasteiger partial charge in [-0.15, -0.1) is 0 Å². The van der Waals surface area contributed by atoms with Crippen LogP contribution in [0.1, 0.15) is 30.9 Å². The normalized spacial score (nSPS) is 12.7. The molecule has 0 aliphatic rings. The van der Waals surface area contributed by atoms with Crippen molar-refractivity contribution in [2.75, 3.05) is 6.54 Å². The van der Waals surface area contributed by atoms with Crippen molar-refractivity contribution in [1.82, 2.24) is 5.32 Å². The predicted octanol–water partition coefficient (Wildman–Crippen LogP) is 1.71. The highest BCUT2D eigenvalue weighted by molar-refractivity contribution is 5.66. The lowest BCUT2D eigenvalue weighted by molar-refractivity contribution is -0.136. The van der Waals surface area contributed by atoms with Crippen molar-refractivity contribution in [3.8, 4) is 0 Å². The zero-order chi connectivity index (χ0) is 10.6. The fourth-order valence-corrected chi connectivity index (χ4v) is 1.18. The molecule has 0 saturated carbocycles. The third-order valence-corrected chi connectivity index (χ3v) is 1.98. The van der Waals surface area contributed by atoms with Crippen LogP contribution in [0.25, 0.3) is 0 Å². The molecule has 0 bridgehead atoms. The van der Waals surface area contributed by atoms with Crippen LogP contribution in [0, 0.1) is 6.92 Å².